The van der Waals surface area contributed by atoms with Crippen molar-refractivity contribution in [2.75, 3.05) is 6.61 Å². The lowest BCUT2D eigenvalue weighted by Crippen LogP contribution is -2.07. The summed E-state index contributed by atoms with van der Waals surface area (Å²) in [7, 11) is 0. The highest BCUT2D eigenvalue weighted by Gasteiger charge is 2.01. The maximum atomic E-state index is 11.0. The Morgan fingerprint density at radius 1 is 1.10 bits per heavy atom. The maximum absolute atomic E-state index is 11.0. The summed E-state index contributed by atoms with van der Waals surface area (Å²) in [6.45, 7) is 3.67. The Morgan fingerprint density at radius 2 is 1.75 bits per heavy atom. The highest BCUT2D eigenvalue weighted by atomic mass is 16.5. The van der Waals surface area contributed by atoms with Gasteiger partial charge in [0.1, 0.15) is 0 Å². The number of rotatable bonds is 9. The first-order chi connectivity index (χ1) is 9.45. The molecular formula is C15H24O5. The summed E-state index contributed by atoms with van der Waals surface area (Å²) in [5, 5.41) is 28.1. The van der Waals surface area contributed by atoms with E-state index in [1.807, 2.05) is 0 Å². The van der Waals surface area contributed by atoms with Gasteiger partial charge in [-0.05, 0) is 32.8 Å². The highest BCUT2D eigenvalue weighted by molar-refractivity contribution is 5.81. The monoisotopic (exact) mass is 284 g/mol. The lowest BCUT2D eigenvalue weighted by molar-refractivity contribution is -0.137. The number of hydrogen-bond donors (Lipinski definition) is 3. The first-order valence-corrected chi connectivity index (χ1v) is 6.69. The van der Waals surface area contributed by atoms with Crippen molar-refractivity contribution in [3.63, 3.8) is 0 Å². The molecule has 0 saturated heterocycles. The molecule has 0 aliphatic carbocycles. The average Bonchev–Trinajstić information content (AvgIpc) is 2.39. The van der Waals surface area contributed by atoms with E-state index in [-0.39, 0.29) is 0 Å². The van der Waals surface area contributed by atoms with Crippen LogP contribution >= 0.6 is 0 Å². The lowest BCUT2D eigenvalue weighted by atomic mass is 10.1. The first kappa shape index (κ1) is 18.6. The third-order valence-corrected chi connectivity index (χ3v) is 2.35. The van der Waals surface area contributed by atoms with Gasteiger partial charge in [-0.2, -0.15) is 0 Å². The molecule has 0 amide bonds. The van der Waals surface area contributed by atoms with Crippen molar-refractivity contribution in [3.8, 4) is 0 Å². The molecule has 0 aromatic carbocycles. The molecule has 5 nitrogen and oxygen atoms in total. The summed E-state index contributed by atoms with van der Waals surface area (Å²) < 4.78 is 4.67. The van der Waals surface area contributed by atoms with Crippen LogP contribution in [-0.2, 0) is 9.53 Å². The Bertz CT molecular complexity index is 344. The molecule has 0 aliphatic rings. The van der Waals surface area contributed by atoms with Gasteiger partial charge in [-0.15, -0.1) is 0 Å². The van der Waals surface area contributed by atoms with Gasteiger partial charge >= 0.3 is 5.97 Å². The molecule has 20 heavy (non-hydrogen) atoms. The zero-order valence-corrected chi connectivity index (χ0v) is 12.0. The molecule has 0 bridgehead atoms. The summed E-state index contributed by atoms with van der Waals surface area (Å²) in [4.78, 5) is 11.0. The number of aliphatic hydroxyl groups excluding tert-OH is 3. The largest absolute Gasteiger partial charge is 0.463 e. The quantitative estimate of drug-likeness (QED) is 0.335. The molecule has 0 rings (SSSR count). The van der Waals surface area contributed by atoms with Crippen LogP contribution in [-0.4, -0.2) is 46.2 Å². The van der Waals surface area contributed by atoms with Gasteiger partial charge in [-0.1, -0.05) is 24.3 Å². The van der Waals surface area contributed by atoms with Gasteiger partial charge in [0.25, 0.3) is 0 Å². The van der Waals surface area contributed by atoms with Crippen molar-refractivity contribution >= 4 is 5.97 Å². The Morgan fingerprint density at radius 3 is 2.35 bits per heavy atom. The molecule has 0 saturated carbocycles. The fourth-order valence-corrected chi connectivity index (χ4v) is 1.31. The molecule has 0 heterocycles. The van der Waals surface area contributed by atoms with Crippen LogP contribution in [0.1, 0.15) is 26.7 Å². The second kappa shape index (κ2) is 11.4. The minimum atomic E-state index is -0.890. The van der Waals surface area contributed by atoms with E-state index in [2.05, 4.69) is 4.74 Å². The molecule has 5 heteroatoms. The summed E-state index contributed by atoms with van der Waals surface area (Å²) >= 11 is 0. The molecule has 3 unspecified atom stereocenters. The Balaban J connectivity index is 4.01. The van der Waals surface area contributed by atoms with Gasteiger partial charge in [-0.3, -0.25) is 0 Å². The average molecular weight is 284 g/mol. The predicted octanol–water partition coefficient (Wildman–Crippen LogP) is 1.10. The lowest BCUT2D eigenvalue weighted by Gasteiger charge is -2.06. The summed E-state index contributed by atoms with van der Waals surface area (Å²) in [6, 6.07) is 0. The normalized spacial score (nSPS) is 16.9. The van der Waals surface area contributed by atoms with Crippen molar-refractivity contribution in [2.45, 2.75) is 45.0 Å². The number of allylic oxidation sites excluding steroid dienone is 2. The van der Waals surface area contributed by atoms with Crippen LogP contribution < -0.4 is 0 Å². The molecule has 3 N–H and O–H groups in total. The number of carbonyl (C=O) groups is 1. The van der Waals surface area contributed by atoms with Crippen LogP contribution in [0.25, 0.3) is 0 Å². The third-order valence-electron chi connectivity index (χ3n) is 2.35. The second-order valence-corrected chi connectivity index (χ2v) is 4.37. The Hall–Kier alpha value is -1.43. The number of carbonyl (C=O) groups excluding carboxylic acids is 1. The number of esters is 1. The van der Waals surface area contributed by atoms with Crippen molar-refractivity contribution < 1.29 is 24.9 Å². The van der Waals surface area contributed by atoms with Crippen LogP contribution in [0.15, 0.2) is 36.5 Å². The number of hydrogen-bond acceptors (Lipinski definition) is 5. The molecule has 0 radical (unpaired) electrons. The van der Waals surface area contributed by atoms with Crippen molar-refractivity contribution in [1.82, 2.24) is 0 Å². The SMILES string of the molecule is CCOC(=O)/C=C/C(O)/C=C\C=C\C(O)CCC(C)O. The smallest absolute Gasteiger partial charge is 0.330 e. The van der Waals surface area contributed by atoms with Crippen molar-refractivity contribution in [1.29, 1.82) is 0 Å². The second-order valence-electron chi connectivity index (χ2n) is 4.37. The van der Waals surface area contributed by atoms with Crippen LogP contribution in [0, 0.1) is 0 Å². The van der Waals surface area contributed by atoms with Crippen LogP contribution in [0.4, 0.5) is 0 Å². The molecule has 0 spiro atoms. The van der Waals surface area contributed by atoms with E-state index in [1.54, 1.807) is 32.1 Å². The van der Waals surface area contributed by atoms with Gasteiger partial charge in [-0.25, -0.2) is 4.79 Å². The van der Waals surface area contributed by atoms with Gasteiger partial charge < -0.3 is 20.1 Å². The van der Waals surface area contributed by atoms with E-state index in [0.29, 0.717) is 19.4 Å². The minimum Gasteiger partial charge on any atom is -0.463 e. The van der Waals surface area contributed by atoms with Gasteiger partial charge in [0.2, 0.25) is 0 Å². The Labute approximate surface area is 119 Å². The number of ether oxygens (including phenoxy) is 1. The third kappa shape index (κ3) is 11.6. The van der Waals surface area contributed by atoms with Gasteiger partial charge in [0, 0.05) is 6.08 Å². The minimum absolute atomic E-state index is 0.294. The zero-order valence-electron chi connectivity index (χ0n) is 12.0. The van der Waals surface area contributed by atoms with Crippen LogP contribution in [0.2, 0.25) is 0 Å². The fourth-order valence-electron chi connectivity index (χ4n) is 1.31. The molecule has 3 atom stereocenters. The Kier molecular flexibility index (Phi) is 10.6. The topological polar surface area (TPSA) is 87.0 Å². The van der Waals surface area contributed by atoms with E-state index < -0.39 is 24.3 Å². The standard InChI is InChI=1S/C15H24O5/c1-3-20-15(19)11-10-14(18)7-5-4-6-13(17)9-8-12(2)16/h4-7,10-14,16-18H,3,8-9H2,1-2H3/b6-4+,7-5-,11-10+. The van der Waals surface area contributed by atoms with Crippen molar-refractivity contribution in [2.24, 2.45) is 0 Å². The first-order valence-electron chi connectivity index (χ1n) is 6.69. The van der Waals surface area contributed by atoms with E-state index in [4.69, 9.17) is 5.11 Å². The molecule has 0 fully saturated rings. The molecular weight excluding hydrogens is 260 g/mol. The van der Waals surface area contributed by atoms with E-state index in [9.17, 15) is 15.0 Å². The van der Waals surface area contributed by atoms with E-state index in [1.165, 1.54) is 18.2 Å². The van der Waals surface area contributed by atoms with E-state index in [0.717, 1.165) is 0 Å². The van der Waals surface area contributed by atoms with Gasteiger partial charge in [0.15, 0.2) is 0 Å². The van der Waals surface area contributed by atoms with E-state index >= 15 is 0 Å². The fraction of sp³-hybridized carbons (Fsp3) is 0.533. The molecule has 0 aromatic rings. The predicted molar refractivity (Wildman–Crippen MR) is 77.0 cm³/mol. The van der Waals surface area contributed by atoms with Crippen molar-refractivity contribution in [3.05, 3.63) is 36.5 Å². The maximum Gasteiger partial charge on any atom is 0.330 e. The molecule has 0 aromatic heterocycles. The zero-order chi connectivity index (χ0) is 15.4. The van der Waals surface area contributed by atoms with Crippen LogP contribution in [0.5, 0.6) is 0 Å². The summed E-state index contributed by atoms with van der Waals surface area (Å²) in [5.74, 6) is -0.496. The molecule has 0 aliphatic heterocycles. The van der Waals surface area contributed by atoms with Gasteiger partial charge in [0.05, 0.1) is 24.9 Å². The number of aliphatic hydroxyl groups is 3. The molecule has 114 valence electrons. The summed E-state index contributed by atoms with van der Waals surface area (Å²) in [5.41, 5.74) is 0. The highest BCUT2D eigenvalue weighted by Crippen LogP contribution is 2.02. The summed E-state index contributed by atoms with van der Waals surface area (Å²) in [6.07, 6.45) is 7.76. The van der Waals surface area contributed by atoms with Crippen LogP contribution in [0.3, 0.4) is 0 Å².